The number of aromatic amines is 1. The van der Waals surface area contributed by atoms with Gasteiger partial charge in [-0.25, -0.2) is 4.98 Å². The van der Waals surface area contributed by atoms with Gasteiger partial charge in [-0.05, 0) is 38.0 Å². The Hall–Kier alpha value is -2.86. The summed E-state index contributed by atoms with van der Waals surface area (Å²) in [6.07, 6.45) is -0.00881. The minimum absolute atomic E-state index is 0.00881. The average molecular weight is 394 g/mol. The van der Waals surface area contributed by atoms with E-state index in [2.05, 4.69) is 15.3 Å². The molecule has 0 atom stereocenters. The van der Waals surface area contributed by atoms with Crippen molar-refractivity contribution in [2.45, 2.75) is 38.1 Å². The molecule has 28 heavy (non-hydrogen) atoms. The van der Waals surface area contributed by atoms with E-state index in [1.165, 1.54) is 11.8 Å². The van der Waals surface area contributed by atoms with E-state index in [9.17, 15) is 9.59 Å². The number of nitrogens with zero attached hydrogens (tertiary/aromatic N) is 1. The number of amides is 1. The summed E-state index contributed by atoms with van der Waals surface area (Å²) in [6.45, 7) is 5.72. The highest BCUT2D eigenvalue weighted by Crippen LogP contribution is 2.19. The monoisotopic (exact) mass is 393 g/mol. The summed E-state index contributed by atoms with van der Waals surface area (Å²) in [4.78, 5) is 32.2. The summed E-state index contributed by atoms with van der Waals surface area (Å²) in [6, 6.07) is 15.8. The van der Waals surface area contributed by atoms with Crippen LogP contribution in [0.25, 0.3) is 0 Å². The van der Waals surface area contributed by atoms with Gasteiger partial charge in [0.05, 0.1) is 6.42 Å². The Balaban J connectivity index is 1.68. The first-order valence-corrected chi connectivity index (χ1v) is 10.0. The number of hydrogen-bond acceptors (Lipinski definition) is 4. The first-order chi connectivity index (χ1) is 13.4. The lowest BCUT2D eigenvalue weighted by molar-refractivity contribution is -0.115. The number of aryl methyl sites for hydroxylation is 3. The van der Waals surface area contributed by atoms with E-state index >= 15 is 0 Å². The number of hydrogen-bond donors (Lipinski definition) is 2. The number of carbonyl (C=O) groups excluding carboxylic acids is 1. The topological polar surface area (TPSA) is 74.8 Å². The van der Waals surface area contributed by atoms with Crippen LogP contribution < -0.4 is 10.9 Å². The van der Waals surface area contributed by atoms with Gasteiger partial charge in [-0.2, -0.15) is 0 Å². The smallest absolute Gasteiger partial charge is 0.255 e. The van der Waals surface area contributed by atoms with Crippen molar-refractivity contribution in [2.24, 2.45) is 0 Å². The molecule has 0 saturated carbocycles. The molecule has 6 heteroatoms. The maximum Gasteiger partial charge on any atom is 0.255 e. The zero-order valence-corrected chi connectivity index (χ0v) is 17.0. The van der Waals surface area contributed by atoms with Crippen LogP contribution in [-0.4, -0.2) is 15.9 Å². The molecular formula is C22H23N3O2S. The Bertz CT molecular complexity index is 1050. The molecule has 0 aliphatic rings. The third kappa shape index (κ3) is 5.10. The third-order valence-electron chi connectivity index (χ3n) is 4.41. The Morgan fingerprint density at radius 2 is 1.86 bits per heavy atom. The van der Waals surface area contributed by atoms with E-state index in [1.807, 2.05) is 62.4 Å². The quantitative estimate of drug-likeness (QED) is 0.487. The predicted octanol–water partition coefficient (Wildman–Crippen LogP) is 4.17. The van der Waals surface area contributed by atoms with Crippen LogP contribution in [0.4, 0.5) is 5.69 Å². The number of benzene rings is 2. The fourth-order valence-electron chi connectivity index (χ4n) is 2.90. The van der Waals surface area contributed by atoms with Crippen molar-refractivity contribution >= 4 is 23.4 Å². The van der Waals surface area contributed by atoms with Gasteiger partial charge in [0.25, 0.3) is 5.56 Å². The molecular weight excluding hydrogens is 370 g/mol. The SMILES string of the molecule is Cc1ccc(NC(=O)Cc2c(C)nc(SCc3ccccc3)[nH]c2=O)c(C)c1. The maximum absolute atomic E-state index is 12.5. The van der Waals surface area contributed by atoms with Crippen LogP contribution in [0.5, 0.6) is 0 Å². The maximum atomic E-state index is 12.5. The standard InChI is InChI=1S/C22H23N3O2S/c1-14-9-10-19(15(2)11-14)24-20(26)12-18-16(3)23-22(25-21(18)27)28-13-17-7-5-4-6-8-17/h4-11H,12-13H2,1-3H3,(H,24,26)(H,23,25,27). The molecule has 1 heterocycles. The number of thioether (sulfide) groups is 1. The van der Waals surface area contributed by atoms with Gasteiger partial charge in [0.2, 0.25) is 5.91 Å². The van der Waals surface area contributed by atoms with Gasteiger partial charge >= 0.3 is 0 Å². The van der Waals surface area contributed by atoms with E-state index in [-0.39, 0.29) is 17.9 Å². The van der Waals surface area contributed by atoms with Crippen LogP contribution in [0.3, 0.4) is 0 Å². The van der Waals surface area contributed by atoms with Crippen LogP contribution in [0.2, 0.25) is 0 Å². The molecule has 1 amide bonds. The summed E-state index contributed by atoms with van der Waals surface area (Å²) in [7, 11) is 0. The van der Waals surface area contributed by atoms with E-state index in [0.717, 1.165) is 28.1 Å². The third-order valence-corrected chi connectivity index (χ3v) is 5.36. The van der Waals surface area contributed by atoms with Gasteiger partial charge < -0.3 is 10.3 Å². The van der Waals surface area contributed by atoms with Crippen molar-refractivity contribution in [3.8, 4) is 0 Å². The normalized spacial score (nSPS) is 10.7. The second kappa shape index (κ2) is 8.89. The van der Waals surface area contributed by atoms with Gasteiger partial charge in [0.1, 0.15) is 0 Å². The lowest BCUT2D eigenvalue weighted by Gasteiger charge is -2.10. The highest BCUT2D eigenvalue weighted by molar-refractivity contribution is 7.98. The van der Waals surface area contributed by atoms with Crippen molar-refractivity contribution < 1.29 is 4.79 Å². The molecule has 2 N–H and O–H groups in total. The molecule has 0 unspecified atom stereocenters. The molecule has 0 radical (unpaired) electrons. The summed E-state index contributed by atoms with van der Waals surface area (Å²) in [5, 5.41) is 3.44. The summed E-state index contributed by atoms with van der Waals surface area (Å²) < 4.78 is 0. The molecule has 144 valence electrons. The van der Waals surface area contributed by atoms with Gasteiger partial charge in [-0.15, -0.1) is 0 Å². The fourth-order valence-corrected chi connectivity index (χ4v) is 3.76. The molecule has 0 aliphatic heterocycles. The number of aromatic nitrogens is 2. The summed E-state index contributed by atoms with van der Waals surface area (Å²) in [5.41, 5.74) is 4.75. The number of nitrogens with one attached hydrogen (secondary N) is 2. The second-order valence-corrected chi connectivity index (χ2v) is 7.72. The fraction of sp³-hybridized carbons (Fsp3) is 0.227. The van der Waals surface area contributed by atoms with Crippen LogP contribution in [0.1, 0.15) is 27.9 Å². The van der Waals surface area contributed by atoms with E-state index < -0.39 is 0 Å². The van der Waals surface area contributed by atoms with Crippen molar-refractivity contribution in [3.05, 3.63) is 86.8 Å². The highest BCUT2D eigenvalue weighted by Gasteiger charge is 2.14. The molecule has 0 saturated heterocycles. The van der Waals surface area contributed by atoms with Crippen LogP contribution in [-0.2, 0) is 17.0 Å². The molecule has 0 aliphatic carbocycles. The second-order valence-electron chi connectivity index (χ2n) is 6.75. The lowest BCUT2D eigenvalue weighted by Crippen LogP contribution is -2.24. The van der Waals surface area contributed by atoms with Gasteiger partial charge in [0.15, 0.2) is 5.16 Å². The van der Waals surface area contributed by atoms with E-state index in [0.29, 0.717) is 16.4 Å². The van der Waals surface area contributed by atoms with Crippen LogP contribution in [0.15, 0.2) is 58.5 Å². The Morgan fingerprint density at radius 3 is 2.54 bits per heavy atom. The molecule has 0 bridgehead atoms. The Labute approximate surface area is 168 Å². The Morgan fingerprint density at radius 1 is 1.11 bits per heavy atom. The van der Waals surface area contributed by atoms with Crippen molar-refractivity contribution in [2.75, 3.05) is 5.32 Å². The summed E-state index contributed by atoms with van der Waals surface area (Å²) in [5.74, 6) is 0.488. The van der Waals surface area contributed by atoms with Crippen molar-refractivity contribution in [1.82, 2.24) is 9.97 Å². The zero-order chi connectivity index (χ0) is 20.1. The highest BCUT2D eigenvalue weighted by atomic mass is 32.2. The number of carbonyl (C=O) groups is 1. The number of anilines is 1. The van der Waals surface area contributed by atoms with E-state index in [4.69, 9.17) is 0 Å². The minimum atomic E-state index is -0.265. The first-order valence-electron chi connectivity index (χ1n) is 9.06. The molecule has 2 aromatic carbocycles. The summed E-state index contributed by atoms with van der Waals surface area (Å²) >= 11 is 1.47. The molecule has 3 rings (SSSR count). The van der Waals surface area contributed by atoms with Crippen molar-refractivity contribution in [1.29, 1.82) is 0 Å². The van der Waals surface area contributed by atoms with E-state index in [1.54, 1.807) is 6.92 Å². The molecule has 0 spiro atoms. The minimum Gasteiger partial charge on any atom is -0.326 e. The average Bonchev–Trinajstić information content (AvgIpc) is 2.66. The van der Waals surface area contributed by atoms with Crippen molar-refractivity contribution in [3.63, 3.8) is 0 Å². The lowest BCUT2D eigenvalue weighted by atomic mass is 10.1. The van der Waals surface area contributed by atoms with Gasteiger partial charge in [-0.1, -0.05) is 59.8 Å². The predicted molar refractivity (Wildman–Crippen MR) is 114 cm³/mol. The number of rotatable bonds is 6. The van der Waals surface area contributed by atoms with Crippen LogP contribution in [0, 0.1) is 20.8 Å². The number of H-pyrrole nitrogens is 1. The van der Waals surface area contributed by atoms with Crippen LogP contribution >= 0.6 is 11.8 Å². The Kier molecular flexibility index (Phi) is 6.31. The van der Waals surface area contributed by atoms with Gasteiger partial charge in [0, 0.05) is 22.7 Å². The molecule has 5 nitrogen and oxygen atoms in total. The molecule has 3 aromatic rings. The van der Waals surface area contributed by atoms with Gasteiger partial charge in [-0.3, -0.25) is 9.59 Å². The largest absolute Gasteiger partial charge is 0.326 e. The molecule has 0 fully saturated rings. The zero-order valence-electron chi connectivity index (χ0n) is 16.2. The first kappa shape index (κ1) is 19.9. The molecule has 1 aromatic heterocycles.